The molecule has 1 fully saturated rings. The highest BCUT2D eigenvalue weighted by molar-refractivity contribution is 5.90. The minimum Gasteiger partial charge on any atom is -0.372 e. The van der Waals surface area contributed by atoms with E-state index in [-0.39, 0.29) is 24.0 Å². The Labute approximate surface area is 166 Å². The van der Waals surface area contributed by atoms with Gasteiger partial charge in [-0.25, -0.2) is 0 Å². The van der Waals surface area contributed by atoms with Crippen molar-refractivity contribution >= 4 is 17.3 Å². The van der Waals surface area contributed by atoms with Gasteiger partial charge in [-0.15, -0.1) is 0 Å². The summed E-state index contributed by atoms with van der Waals surface area (Å²) < 4.78 is 11.0. The van der Waals surface area contributed by atoms with Gasteiger partial charge >= 0.3 is 0 Å². The molecular formula is C21H30N4O3. The van der Waals surface area contributed by atoms with Crippen LogP contribution in [0.15, 0.2) is 28.8 Å². The molecule has 0 aliphatic carbocycles. The molecule has 0 radical (unpaired) electrons. The van der Waals surface area contributed by atoms with E-state index in [0.29, 0.717) is 31.0 Å². The van der Waals surface area contributed by atoms with E-state index in [9.17, 15) is 4.79 Å². The van der Waals surface area contributed by atoms with Crippen molar-refractivity contribution < 1.29 is 14.1 Å². The smallest absolute Gasteiger partial charge is 0.226 e. The highest BCUT2D eigenvalue weighted by Gasteiger charge is 2.22. The molecule has 0 unspecified atom stereocenters. The number of aromatic nitrogens is 2. The van der Waals surface area contributed by atoms with Gasteiger partial charge in [0, 0.05) is 43.2 Å². The molecular weight excluding hydrogens is 356 g/mol. The predicted molar refractivity (Wildman–Crippen MR) is 109 cm³/mol. The molecule has 2 aromatic rings. The molecule has 1 saturated heterocycles. The summed E-state index contributed by atoms with van der Waals surface area (Å²) in [5, 5.41) is 6.89. The van der Waals surface area contributed by atoms with E-state index in [4.69, 9.17) is 9.26 Å². The third kappa shape index (κ3) is 5.55. The van der Waals surface area contributed by atoms with Gasteiger partial charge in [0.15, 0.2) is 5.82 Å². The molecule has 7 nitrogen and oxygen atoms in total. The molecule has 0 bridgehead atoms. The number of amides is 1. The van der Waals surface area contributed by atoms with Crippen molar-refractivity contribution in [1.82, 2.24) is 10.1 Å². The summed E-state index contributed by atoms with van der Waals surface area (Å²) in [5.74, 6) is 1.54. The Morgan fingerprint density at radius 3 is 2.50 bits per heavy atom. The predicted octanol–water partition coefficient (Wildman–Crippen LogP) is 3.77. The van der Waals surface area contributed by atoms with Gasteiger partial charge < -0.3 is 19.5 Å². The molecule has 0 saturated carbocycles. The number of carbonyl (C=O) groups excluding carboxylic acids is 1. The molecule has 0 spiro atoms. The molecule has 1 aromatic heterocycles. The van der Waals surface area contributed by atoms with Crippen LogP contribution < -0.4 is 10.2 Å². The van der Waals surface area contributed by atoms with Crippen molar-refractivity contribution in [3.05, 3.63) is 36.0 Å². The standard InChI is InChI=1S/C21H30N4O3/c1-14(2)21-23-20(28-24-21)7-5-6-19(26)22-17-8-10-18(11-9-17)25-12-15(3)27-16(4)13-25/h8-11,14-16H,5-7,12-13H2,1-4H3,(H,22,26)/t15-,16-/m1/s1. The number of benzene rings is 1. The molecule has 1 amide bonds. The number of morpholine rings is 1. The minimum atomic E-state index is -0.00929. The van der Waals surface area contributed by atoms with Gasteiger partial charge in [-0.2, -0.15) is 4.98 Å². The first-order valence-electron chi connectivity index (χ1n) is 10.0. The number of aryl methyl sites for hydroxylation is 1. The highest BCUT2D eigenvalue weighted by atomic mass is 16.5. The van der Waals surface area contributed by atoms with Crippen LogP contribution in [0.3, 0.4) is 0 Å². The lowest BCUT2D eigenvalue weighted by Gasteiger charge is -2.36. The first-order chi connectivity index (χ1) is 13.4. The molecule has 7 heteroatoms. The fraction of sp³-hybridized carbons (Fsp3) is 0.571. The zero-order valence-electron chi connectivity index (χ0n) is 17.1. The monoisotopic (exact) mass is 386 g/mol. The summed E-state index contributed by atoms with van der Waals surface area (Å²) in [4.78, 5) is 18.8. The quantitative estimate of drug-likeness (QED) is 0.780. The molecule has 28 heavy (non-hydrogen) atoms. The van der Waals surface area contributed by atoms with E-state index >= 15 is 0 Å². The number of hydrogen-bond donors (Lipinski definition) is 1. The summed E-state index contributed by atoms with van der Waals surface area (Å²) in [6.07, 6.45) is 2.14. The van der Waals surface area contributed by atoms with E-state index in [1.807, 2.05) is 38.1 Å². The van der Waals surface area contributed by atoms with Crippen molar-refractivity contribution in [2.75, 3.05) is 23.3 Å². The van der Waals surface area contributed by atoms with Gasteiger partial charge in [0.1, 0.15) is 0 Å². The topological polar surface area (TPSA) is 80.5 Å². The first-order valence-corrected chi connectivity index (χ1v) is 10.0. The van der Waals surface area contributed by atoms with Crippen LogP contribution in [0.1, 0.15) is 58.2 Å². The summed E-state index contributed by atoms with van der Waals surface area (Å²) in [6, 6.07) is 7.99. The third-order valence-corrected chi connectivity index (χ3v) is 4.73. The lowest BCUT2D eigenvalue weighted by molar-refractivity contribution is -0.116. The number of hydrogen-bond acceptors (Lipinski definition) is 6. The fourth-order valence-corrected chi connectivity index (χ4v) is 3.37. The first kappa shape index (κ1) is 20.3. The van der Waals surface area contributed by atoms with Crippen molar-refractivity contribution in [2.45, 2.75) is 65.1 Å². The Hall–Kier alpha value is -2.41. The normalized spacial score (nSPS) is 19.8. The summed E-state index contributed by atoms with van der Waals surface area (Å²) in [6.45, 7) is 9.99. The maximum absolute atomic E-state index is 12.2. The van der Waals surface area contributed by atoms with Crippen LogP contribution in [0.4, 0.5) is 11.4 Å². The van der Waals surface area contributed by atoms with Crippen LogP contribution in [0.5, 0.6) is 0 Å². The van der Waals surface area contributed by atoms with Crippen molar-refractivity contribution in [1.29, 1.82) is 0 Å². The average molecular weight is 386 g/mol. The van der Waals surface area contributed by atoms with Gasteiger partial charge in [-0.3, -0.25) is 4.79 Å². The largest absolute Gasteiger partial charge is 0.372 e. The van der Waals surface area contributed by atoms with E-state index in [1.54, 1.807) is 0 Å². The molecule has 2 heterocycles. The van der Waals surface area contributed by atoms with Gasteiger partial charge in [0.25, 0.3) is 0 Å². The van der Waals surface area contributed by atoms with E-state index < -0.39 is 0 Å². The molecule has 152 valence electrons. The van der Waals surface area contributed by atoms with Gasteiger partial charge in [-0.05, 0) is 44.5 Å². The van der Waals surface area contributed by atoms with E-state index in [2.05, 4.69) is 34.2 Å². The average Bonchev–Trinajstić information content (AvgIpc) is 3.11. The van der Waals surface area contributed by atoms with Crippen LogP contribution in [0.25, 0.3) is 0 Å². The third-order valence-electron chi connectivity index (χ3n) is 4.73. The number of ether oxygens (including phenoxy) is 1. The van der Waals surface area contributed by atoms with Crippen LogP contribution in [-0.4, -0.2) is 41.3 Å². The number of nitrogens with one attached hydrogen (secondary N) is 1. The second-order valence-corrected chi connectivity index (χ2v) is 7.81. The van der Waals surface area contributed by atoms with Crippen molar-refractivity contribution in [3.63, 3.8) is 0 Å². The summed E-state index contributed by atoms with van der Waals surface area (Å²) in [7, 11) is 0. The summed E-state index contributed by atoms with van der Waals surface area (Å²) >= 11 is 0. The van der Waals surface area contributed by atoms with Crippen molar-refractivity contribution in [2.24, 2.45) is 0 Å². The molecule has 1 aliphatic rings. The Bertz CT molecular complexity index is 762. The Balaban J connectivity index is 1.45. The number of rotatable bonds is 7. The van der Waals surface area contributed by atoms with Crippen molar-refractivity contribution in [3.8, 4) is 0 Å². The SMILES string of the molecule is CC(C)c1noc(CCCC(=O)Nc2ccc(N3C[C@@H](C)O[C@H](C)C3)cc2)n1. The van der Waals surface area contributed by atoms with Gasteiger partial charge in [0.05, 0.1) is 12.2 Å². The van der Waals surface area contributed by atoms with Crippen LogP contribution in [-0.2, 0) is 16.0 Å². The second-order valence-electron chi connectivity index (χ2n) is 7.81. The lowest BCUT2D eigenvalue weighted by atomic mass is 10.2. The van der Waals surface area contributed by atoms with E-state index in [0.717, 1.165) is 24.5 Å². The highest BCUT2D eigenvalue weighted by Crippen LogP contribution is 2.22. The maximum Gasteiger partial charge on any atom is 0.226 e. The Morgan fingerprint density at radius 1 is 1.21 bits per heavy atom. The maximum atomic E-state index is 12.2. The van der Waals surface area contributed by atoms with E-state index in [1.165, 1.54) is 0 Å². The fourth-order valence-electron chi connectivity index (χ4n) is 3.37. The molecule has 2 atom stereocenters. The van der Waals surface area contributed by atoms with Crippen LogP contribution in [0.2, 0.25) is 0 Å². The zero-order valence-corrected chi connectivity index (χ0v) is 17.1. The molecule has 1 aliphatic heterocycles. The molecule has 1 aromatic carbocycles. The minimum absolute atomic E-state index is 0.00929. The number of nitrogens with zero attached hydrogens (tertiary/aromatic N) is 3. The lowest BCUT2D eigenvalue weighted by Crippen LogP contribution is -2.45. The number of anilines is 2. The number of carbonyl (C=O) groups is 1. The van der Waals surface area contributed by atoms with Gasteiger partial charge in [-0.1, -0.05) is 19.0 Å². The second kappa shape index (κ2) is 9.19. The van der Waals surface area contributed by atoms with Crippen LogP contribution in [0, 0.1) is 0 Å². The summed E-state index contributed by atoms with van der Waals surface area (Å²) in [5.41, 5.74) is 1.96. The van der Waals surface area contributed by atoms with Gasteiger partial charge in [0.2, 0.25) is 11.8 Å². The zero-order chi connectivity index (χ0) is 20.1. The Morgan fingerprint density at radius 2 is 1.89 bits per heavy atom. The molecule has 1 N–H and O–H groups in total. The Kier molecular flexibility index (Phi) is 6.67. The molecule has 3 rings (SSSR count). The van der Waals surface area contributed by atoms with Crippen LogP contribution >= 0.6 is 0 Å².